The van der Waals surface area contributed by atoms with Gasteiger partial charge in [0.25, 0.3) is 5.91 Å². The van der Waals surface area contributed by atoms with Gasteiger partial charge in [-0.05, 0) is 29.8 Å². The fraction of sp³-hybridized carbons (Fsp3) is 0.111. The van der Waals surface area contributed by atoms with E-state index in [1.807, 2.05) is 0 Å². The summed E-state index contributed by atoms with van der Waals surface area (Å²) in [4.78, 5) is 23.9. The van der Waals surface area contributed by atoms with Crippen molar-refractivity contribution in [2.75, 3.05) is 5.32 Å². The Kier molecular flexibility index (Phi) is 5.30. The highest BCUT2D eigenvalue weighted by atomic mass is 19.4. The Hall–Kier alpha value is -3.49. The van der Waals surface area contributed by atoms with Crippen molar-refractivity contribution in [3.63, 3.8) is 0 Å². The number of nitrogens with zero attached hydrogens (tertiary/aromatic N) is 3. The van der Waals surface area contributed by atoms with Crippen LogP contribution >= 0.6 is 0 Å². The van der Waals surface area contributed by atoms with Crippen LogP contribution in [0.3, 0.4) is 0 Å². The van der Waals surface area contributed by atoms with Gasteiger partial charge in [0.05, 0.1) is 23.6 Å². The van der Waals surface area contributed by atoms with Crippen molar-refractivity contribution in [3.8, 4) is 0 Å². The van der Waals surface area contributed by atoms with Crippen LogP contribution in [0.4, 0.5) is 24.7 Å². The van der Waals surface area contributed by atoms with E-state index in [1.165, 1.54) is 30.6 Å². The summed E-state index contributed by atoms with van der Waals surface area (Å²) >= 11 is 0. The molecule has 0 fully saturated rings. The number of nitrogens with one attached hydrogen (secondary N) is 2. The molecule has 0 unspecified atom stereocenters. The molecule has 27 heavy (non-hydrogen) atoms. The number of anilines is 2. The summed E-state index contributed by atoms with van der Waals surface area (Å²) in [6, 6.07) is 8.56. The van der Waals surface area contributed by atoms with Crippen molar-refractivity contribution in [1.82, 2.24) is 20.3 Å². The van der Waals surface area contributed by atoms with Crippen LogP contribution in [0.5, 0.6) is 0 Å². The number of aromatic nitrogens is 3. The largest absolute Gasteiger partial charge is 0.418 e. The molecular formula is C18H14F3N5O. The van der Waals surface area contributed by atoms with Gasteiger partial charge in [-0.1, -0.05) is 12.1 Å². The minimum atomic E-state index is -4.50. The molecule has 2 aromatic heterocycles. The first-order chi connectivity index (χ1) is 12.9. The molecule has 6 nitrogen and oxygen atoms in total. The number of halogens is 3. The fourth-order valence-corrected chi connectivity index (χ4v) is 2.26. The molecule has 0 spiro atoms. The van der Waals surface area contributed by atoms with Crippen molar-refractivity contribution >= 4 is 17.4 Å². The van der Waals surface area contributed by atoms with E-state index in [0.717, 1.165) is 11.6 Å². The molecule has 0 atom stereocenters. The van der Waals surface area contributed by atoms with Crippen LogP contribution < -0.4 is 10.6 Å². The van der Waals surface area contributed by atoms with Crippen LogP contribution in [0, 0.1) is 0 Å². The Morgan fingerprint density at radius 3 is 2.41 bits per heavy atom. The van der Waals surface area contributed by atoms with Crippen molar-refractivity contribution in [2.24, 2.45) is 0 Å². The number of alkyl halides is 3. The SMILES string of the molecule is O=C(NCc1ccncc1)c1cnc(Nc2ccccc2C(F)(F)F)cn1. The molecule has 0 aliphatic rings. The number of amides is 1. The number of carbonyl (C=O) groups excluding carboxylic acids is 1. The molecule has 0 saturated heterocycles. The molecular weight excluding hydrogens is 359 g/mol. The maximum Gasteiger partial charge on any atom is 0.418 e. The second-order valence-corrected chi connectivity index (χ2v) is 5.49. The van der Waals surface area contributed by atoms with Gasteiger partial charge in [-0.25, -0.2) is 9.97 Å². The van der Waals surface area contributed by atoms with Crippen LogP contribution in [-0.2, 0) is 12.7 Å². The van der Waals surface area contributed by atoms with Crippen LogP contribution in [0.1, 0.15) is 21.6 Å². The number of benzene rings is 1. The Balaban J connectivity index is 1.66. The lowest BCUT2D eigenvalue weighted by molar-refractivity contribution is -0.136. The van der Waals surface area contributed by atoms with Crippen LogP contribution in [0.2, 0.25) is 0 Å². The molecule has 9 heteroatoms. The topological polar surface area (TPSA) is 79.8 Å². The van der Waals surface area contributed by atoms with Crippen LogP contribution in [-0.4, -0.2) is 20.9 Å². The molecule has 0 radical (unpaired) electrons. The summed E-state index contributed by atoms with van der Waals surface area (Å²) in [7, 11) is 0. The van der Waals surface area contributed by atoms with Gasteiger partial charge in [0, 0.05) is 18.9 Å². The van der Waals surface area contributed by atoms with Crippen molar-refractivity contribution in [2.45, 2.75) is 12.7 Å². The van der Waals surface area contributed by atoms with Crippen molar-refractivity contribution in [3.05, 3.63) is 78.0 Å². The summed E-state index contributed by atoms with van der Waals surface area (Å²) in [6.45, 7) is 0.294. The van der Waals surface area contributed by atoms with E-state index in [4.69, 9.17) is 0 Å². The molecule has 3 rings (SSSR count). The van der Waals surface area contributed by atoms with E-state index in [0.29, 0.717) is 6.54 Å². The van der Waals surface area contributed by atoms with Gasteiger partial charge in [0.1, 0.15) is 11.5 Å². The van der Waals surface area contributed by atoms with Crippen LogP contribution in [0.25, 0.3) is 0 Å². The minimum absolute atomic E-state index is 0.0544. The molecule has 1 aromatic carbocycles. The monoisotopic (exact) mass is 373 g/mol. The lowest BCUT2D eigenvalue weighted by Crippen LogP contribution is -2.24. The van der Waals surface area contributed by atoms with E-state index >= 15 is 0 Å². The summed E-state index contributed by atoms with van der Waals surface area (Å²) in [5.74, 6) is -0.348. The number of rotatable bonds is 5. The third kappa shape index (κ3) is 4.78. The van der Waals surface area contributed by atoms with Gasteiger partial charge in [-0.2, -0.15) is 13.2 Å². The molecule has 2 heterocycles. The summed E-state index contributed by atoms with van der Waals surface area (Å²) < 4.78 is 39.0. The first kappa shape index (κ1) is 18.3. The van der Waals surface area contributed by atoms with Gasteiger partial charge >= 0.3 is 6.18 Å². The number of pyridine rings is 1. The molecule has 0 aliphatic heterocycles. The zero-order chi connectivity index (χ0) is 19.3. The average Bonchev–Trinajstić information content (AvgIpc) is 2.67. The molecule has 0 saturated carbocycles. The van der Waals surface area contributed by atoms with Gasteiger partial charge in [-0.3, -0.25) is 9.78 Å². The Labute approximate surface area is 152 Å². The fourth-order valence-electron chi connectivity index (χ4n) is 2.26. The third-order valence-electron chi connectivity index (χ3n) is 3.58. The molecule has 1 amide bonds. The van der Waals surface area contributed by atoms with E-state index < -0.39 is 17.6 Å². The predicted octanol–water partition coefficient (Wildman–Crippen LogP) is 3.56. The molecule has 0 bridgehead atoms. The number of carbonyl (C=O) groups is 1. The average molecular weight is 373 g/mol. The first-order valence-electron chi connectivity index (χ1n) is 7.86. The maximum absolute atomic E-state index is 13.0. The highest BCUT2D eigenvalue weighted by Crippen LogP contribution is 2.35. The quantitative estimate of drug-likeness (QED) is 0.715. The normalized spacial score (nSPS) is 11.1. The van der Waals surface area contributed by atoms with E-state index in [2.05, 4.69) is 25.6 Å². The van der Waals surface area contributed by atoms with Crippen molar-refractivity contribution in [1.29, 1.82) is 0 Å². The van der Waals surface area contributed by atoms with Gasteiger partial charge in [0.15, 0.2) is 0 Å². The maximum atomic E-state index is 13.0. The smallest absolute Gasteiger partial charge is 0.347 e. The first-order valence-corrected chi connectivity index (χ1v) is 7.86. The molecule has 3 aromatic rings. The van der Waals surface area contributed by atoms with E-state index in [1.54, 1.807) is 24.5 Å². The van der Waals surface area contributed by atoms with Gasteiger partial charge in [-0.15, -0.1) is 0 Å². The van der Waals surface area contributed by atoms with Gasteiger partial charge < -0.3 is 10.6 Å². The third-order valence-corrected chi connectivity index (χ3v) is 3.58. The summed E-state index contributed by atoms with van der Waals surface area (Å²) in [5.41, 5.74) is -0.0350. The zero-order valence-electron chi connectivity index (χ0n) is 13.9. The molecule has 0 aliphatic carbocycles. The molecule has 138 valence electrons. The Morgan fingerprint density at radius 2 is 1.74 bits per heavy atom. The highest BCUT2D eigenvalue weighted by molar-refractivity contribution is 5.92. The summed E-state index contributed by atoms with van der Waals surface area (Å²) in [6.07, 6.45) is 1.12. The lowest BCUT2D eigenvalue weighted by atomic mass is 10.1. The second-order valence-electron chi connectivity index (χ2n) is 5.49. The number of hydrogen-bond donors (Lipinski definition) is 2. The Bertz CT molecular complexity index is 914. The minimum Gasteiger partial charge on any atom is -0.347 e. The van der Waals surface area contributed by atoms with Crippen LogP contribution in [0.15, 0.2) is 61.2 Å². The van der Waals surface area contributed by atoms with E-state index in [-0.39, 0.29) is 17.2 Å². The lowest BCUT2D eigenvalue weighted by Gasteiger charge is -2.13. The molecule has 2 N–H and O–H groups in total. The van der Waals surface area contributed by atoms with Crippen molar-refractivity contribution < 1.29 is 18.0 Å². The number of para-hydroxylation sites is 1. The Morgan fingerprint density at radius 1 is 1.00 bits per heavy atom. The standard InChI is InChI=1S/C18H14F3N5O/c19-18(20,21)13-3-1-2-4-14(13)26-16-11-23-15(10-24-16)17(27)25-9-12-5-7-22-8-6-12/h1-8,10-11H,9H2,(H,24,26)(H,25,27). The van der Waals surface area contributed by atoms with E-state index in [9.17, 15) is 18.0 Å². The predicted molar refractivity (Wildman–Crippen MR) is 92.2 cm³/mol. The van der Waals surface area contributed by atoms with Gasteiger partial charge in [0.2, 0.25) is 0 Å². The number of hydrogen-bond acceptors (Lipinski definition) is 5. The zero-order valence-corrected chi connectivity index (χ0v) is 13.9. The second kappa shape index (κ2) is 7.81. The highest BCUT2D eigenvalue weighted by Gasteiger charge is 2.33. The summed E-state index contributed by atoms with van der Waals surface area (Å²) in [5, 5.41) is 5.25.